The predicted octanol–water partition coefficient (Wildman–Crippen LogP) is 1.71. The van der Waals surface area contributed by atoms with E-state index in [0.717, 1.165) is 11.3 Å². The first kappa shape index (κ1) is 13.1. The summed E-state index contributed by atoms with van der Waals surface area (Å²) in [6.07, 6.45) is 0. The van der Waals surface area contributed by atoms with E-state index in [-0.39, 0.29) is 5.69 Å². The SMILES string of the molecule is CCOC(=O)c1n[nH]nc1-c1ccc(N(C)C)cc1. The monoisotopic (exact) mass is 260 g/mol. The second kappa shape index (κ2) is 5.51. The molecule has 2 rings (SSSR count). The molecule has 1 N–H and O–H groups in total. The fourth-order valence-corrected chi connectivity index (χ4v) is 1.69. The molecule has 0 atom stereocenters. The first-order chi connectivity index (χ1) is 9.13. The third-order valence-corrected chi connectivity index (χ3v) is 2.67. The van der Waals surface area contributed by atoms with Crippen LogP contribution in [0.5, 0.6) is 0 Å². The lowest BCUT2D eigenvalue weighted by molar-refractivity contribution is 0.0520. The molecule has 0 aliphatic carbocycles. The van der Waals surface area contributed by atoms with Crippen molar-refractivity contribution in [2.24, 2.45) is 0 Å². The van der Waals surface area contributed by atoms with Gasteiger partial charge < -0.3 is 9.64 Å². The highest BCUT2D eigenvalue weighted by Gasteiger charge is 2.18. The van der Waals surface area contributed by atoms with E-state index >= 15 is 0 Å². The lowest BCUT2D eigenvalue weighted by Crippen LogP contribution is -2.08. The zero-order chi connectivity index (χ0) is 13.8. The molecule has 6 heteroatoms. The first-order valence-corrected chi connectivity index (χ1v) is 5.99. The molecule has 100 valence electrons. The van der Waals surface area contributed by atoms with Gasteiger partial charge in [-0.05, 0) is 19.1 Å². The average Bonchev–Trinajstić information content (AvgIpc) is 2.88. The molecule has 0 bridgehead atoms. The number of anilines is 1. The van der Waals surface area contributed by atoms with Crippen LogP contribution in [0, 0.1) is 0 Å². The largest absolute Gasteiger partial charge is 0.461 e. The lowest BCUT2D eigenvalue weighted by Gasteiger charge is -2.12. The van der Waals surface area contributed by atoms with E-state index in [1.54, 1.807) is 6.92 Å². The summed E-state index contributed by atoms with van der Waals surface area (Å²) in [5.74, 6) is -0.470. The van der Waals surface area contributed by atoms with Gasteiger partial charge in [0.1, 0.15) is 5.69 Å². The van der Waals surface area contributed by atoms with Crippen molar-refractivity contribution in [3.05, 3.63) is 30.0 Å². The van der Waals surface area contributed by atoms with Crippen molar-refractivity contribution in [2.45, 2.75) is 6.92 Å². The summed E-state index contributed by atoms with van der Waals surface area (Å²) < 4.78 is 4.94. The van der Waals surface area contributed by atoms with Crippen molar-refractivity contribution in [3.63, 3.8) is 0 Å². The highest BCUT2D eigenvalue weighted by Crippen LogP contribution is 2.23. The summed E-state index contributed by atoms with van der Waals surface area (Å²) in [7, 11) is 3.93. The summed E-state index contributed by atoms with van der Waals surface area (Å²) in [5.41, 5.74) is 2.61. The molecule has 0 fully saturated rings. The van der Waals surface area contributed by atoms with Crippen molar-refractivity contribution in [1.82, 2.24) is 15.4 Å². The molecular weight excluding hydrogens is 244 g/mol. The van der Waals surface area contributed by atoms with Gasteiger partial charge >= 0.3 is 5.97 Å². The number of aromatic nitrogens is 3. The number of carbonyl (C=O) groups excluding carboxylic acids is 1. The summed E-state index contributed by atoms with van der Waals surface area (Å²) in [5, 5.41) is 10.3. The topological polar surface area (TPSA) is 71.1 Å². The predicted molar refractivity (Wildman–Crippen MR) is 72.1 cm³/mol. The van der Waals surface area contributed by atoms with E-state index in [2.05, 4.69) is 15.4 Å². The third-order valence-electron chi connectivity index (χ3n) is 2.67. The van der Waals surface area contributed by atoms with E-state index in [1.807, 2.05) is 43.3 Å². The Labute approximate surface area is 111 Å². The minimum absolute atomic E-state index is 0.208. The molecule has 0 unspecified atom stereocenters. The van der Waals surface area contributed by atoms with Gasteiger partial charge in [0.2, 0.25) is 0 Å². The van der Waals surface area contributed by atoms with Gasteiger partial charge in [-0.3, -0.25) is 0 Å². The molecule has 2 aromatic rings. The van der Waals surface area contributed by atoms with Crippen LogP contribution in [0.3, 0.4) is 0 Å². The van der Waals surface area contributed by atoms with Gasteiger partial charge in [0.05, 0.1) is 6.61 Å². The Morgan fingerprint density at radius 1 is 1.26 bits per heavy atom. The molecule has 1 aromatic carbocycles. The van der Waals surface area contributed by atoms with Crippen molar-refractivity contribution < 1.29 is 9.53 Å². The number of ether oxygens (including phenoxy) is 1. The van der Waals surface area contributed by atoms with Crippen molar-refractivity contribution in [1.29, 1.82) is 0 Å². The van der Waals surface area contributed by atoms with Gasteiger partial charge in [-0.1, -0.05) is 12.1 Å². The van der Waals surface area contributed by atoms with Crippen LogP contribution in [0.25, 0.3) is 11.3 Å². The van der Waals surface area contributed by atoms with E-state index in [9.17, 15) is 4.79 Å². The van der Waals surface area contributed by atoms with Crippen molar-refractivity contribution in [2.75, 3.05) is 25.6 Å². The highest BCUT2D eigenvalue weighted by atomic mass is 16.5. The Bertz CT molecular complexity index is 560. The summed E-state index contributed by atoms with van der Waals surface area (Å²) in [6.45, 7) is 2.06. The maximum atomic E-state index is 11.7. The first-order valence-electron chi connectivity index (χ1n) is 5.99. The minimum atomic E-state index is -0.470. The van der Waals surface area contributed by atoms with Crippen LogP contribution in [0.2, 0.25) is 0 Å². The summed E-state index contributed by atoms with van der Waals surface area (Å²) in [6, 6.07) is 7.71. The number of aromatic amines is 1. The molecule has 0 aliphatic rings. The second-order valence-corrected chi connectivity index (χ2v) is 4.18. The fraction of sp³-hybridized carbons (Fsp3) is 0.308. The Balaban J connectivity index is 2.32. The number of hydrogen-bond acceptors (Lipinski definition) is 5. The molecule has 6 nitrogen and oxygen atoms in total. The smallest absolute Gasteiger partial charge is 0.361 e. The Hall–Kier alpha value is -2.37. The molecule has 1 heterocycles. The van der Waals surface area contributed by atoms with Crippen LogP contribution in [-0.2, 0) is 4.74 Å². The average molecular weight is 260 g/mol. The summed E-state index contributed by atoms with van der Waals surface area (Å²) in [4.78, 5) is 13.7. The zero-order valence-corrected chi connectivity index (χ0v) is 11.2. The van der Waals surface area contributed by atoms with Gasteiger partial charge in [0, 0.05) is 25.3 Å². The molecule has 0 spiro atoms. The number of rotatable bonds is 4. The Morgan fingerprint density at radius 2 is 1.95 bits per heavy atom. The molecule has 0 saturated carbocycles. The number of nitrogens with zero attached hydrogens (tertiary/aromatic N) is 3. The number of H-pyrrole nitrogens is 1. The molecule has 0 amide bonds. The van der Waals surface area contributed by atoms with Crippen molar-refractivity contribution in [3.8, 4) is 11.3 Å². The lowest BCUT2D eigenvalue weighted by atomic mass is 10.1. The van der Waals surface area contributed by atoms with E-state index < -0.39 is 5.97 Å². The molecular formula is C13H16N4O2. The van der Waals surface area contributed by atoms with Crippen LogP contribution in [-0.4, -0.2) is 42.1 Å². The van der Waals surface area contributed by atoms with Crippen LogP contribution in [0.4, 0.5) is 5.69 Å². The molecule has 19 heavy (non-hydrogen) atoms. The second-order valence-electron chi connectivity index (χ2n) is 4.18. The summed E-state index contributed by atoms with van der Waals surface area (Å²) >= 11 is 0. The zero-order valence-electron chi connectivity index (χ0n) is 11.2. The quantitative estimate of drug-likeness (QED) is 0.847. The van der Waals surface area contributed by atoms with Gasteiger partial charge in [0.25, 0.3) is 0 Å². The van der Waals surface area contributed by atoms with E-state index in [0.29, 0.717) is 12.3 Å². The Morgan fingerprint density at radius 3 is 2.53 bits per heavy atom. The number of benzene rings is 1. The maximum absolute atomic E-state index is 11.7. The van der Waals surface area contributed by atoms with Gasteiger partial charge in [-0.25, -0.2) is 4.79 Å². The highest BCUT2D eigenvalue weighted by molar-refractivity contribution is 5.93. The van der Waals surface area contributed by atoms with Crippen LogP contribution >= 0.6 is 0 Å². The minimum Gasteiger partial charge on any atom is -0.461 e. The maximum Gasteiger partial charge on any atom is 0.361 e. The number of nitrogens with one attached hydrogen (secondary N) is 1. The van der Waals surface area contributed by atoms with Gasteiger partial charge in [-0.2, -0.15) is 10.3 Å². The number of carbonyl (C=O) groups is 1. The molecule has 0 saturated heterocycles. The third kappa shape index (κ3) is 2.73. The van der Waals surface area contributed by atoms with Crippen molar-refractivity contribution >= 4 is 11.7 Å². The van der Waals surface area contributed by atoms with Crippen LogP contribution in [0.15, 0.2) is 24.3 Å². The number of esters is 1. The Kier molecular flexibility index (Phi) is 3.79. The van der Waals surface area contributed by atoms with Crippen LogP contribution < -0.4 is 4.90 Å². The van der Waals surface area contributed by atoms with E-state index in [1.165, 1.54) is 0 Å². The van der Waals surface area contributed by atoms with E-state index in [4.69, 9.17) is 4.74 Å². The normalized spacial score (nSPS) is 10.3. The van der Waals surface area contributed by atoms with Crippen LogP contribution in [0.1, 0.15) is 17.4 Å². The van der Waals surface area contributed by atoms with Gasteiger partial charge in [-0.15, -0.1) is 5.10 Å². The molecule has 0 aliphatic heterocycles. The molecule has 0 radical (unpaired) electrons. The fourth-order valence-electron chi connectivity index (χ4n) is 1.69. The standard InChI is InChI=1S/C13H16N4O2/c1-4-19-13(18)12-11(14-16-15-12)9-5-7-10(8-6-9)17(2)3/h5-8H,4H2,1-3H3,(H,14,15,16). The molecule has 1 aromatic heterocycles. The number of hydrogen-bond donors (Lipinski definition) is 1. The van der Waals surface area contributed by atoms with Gasteiger partial charge in [0.15, 0.2) is 5.69 Å².